The van der Waals surface area contributed by atoms with Crippen LogP contribution in [0.2, 0.25) is 0 Å². The lowest BCUT2D eigenvalue weighted by atomic mass is 9.95. The third-order valence-corrected chi connectivity index (χ3v) is 5.15. The summed E-state index contributed by atoms with van der Waals surface area (Å²) in [6, 6.07) is 6.50. The van der Waals surface area contributed by atoms with Gasteiger partial charge in [0.1, 0.15) is 5.54 Å². The SMILES string of the molecule is CN1CC[C@@]2(CCC(c3nccc(-c4ccc(C(F)(F)F)cc4)n3)=N2)C1=O. The predicted molar refractivity (Wildman–Crippen MR) is 93.2 cm³/mol. The van der Waals surface area contributed by atoms with Gasteiger partial charge in [-0.2, -0.15) is 13.2 Å². The summed E-state index contributed by atoms with van der Waals surface area (Å²) in [5.74, 6) is 0.447. The third-order valence-electron chi connectivity index (χ3n) is 5.15. The number of alkyl halides is 3. The Balaban J connectivity index is 1.63. The first-order valence-corrected chi connectivity index (χ1v) is 8.64. The van der Waals surface area contributed by atoms with Crippen LogP contribution in [0.4, 0.5) is 13.2 Å². The van der Waals surface area contributed by atoms with E-state index in [-0.39, 0.29) is 5.91 Å². The molecule has 3 heterocycles. The van der Waals surface area contributed by atoms with Crippen LogP contribution in [0.5, 0.6) is 0 Å². The molecule has 140 valence electrons. The van der Waals surface area contributed by atoms with Gasteiger partial charge in [0.2, 0.25) is 5.91 Å². The van der Waals surface area contributed by atoms with Crippen molar-refractivity contribution < 1.29 is 18.0 Å². The molecule has 0 bridgehead atoms. The summed E-state index contributed by atoms with van der Waals surface area (Å²) in [7, 11) is 1.77. The number of likely N-dealkylation sites (tertiary alicyclic amines) is 1. The highest BCUT2D eigenvalue weighted by Crippen LogP contribution is 2.37. The van der Waals surface area contributed by atoms with Crippen molar-refractivity contribution in [3.63, 3.8) is 0 Å². The van der Waals surface area contributed by atoms with Crippen LogP contribution in [0, 0.1) is 0 Å². The standard InChI is InChI=1S/C19H17F3N4O/c1-26-11-9-18(17(26)27)8-6-15(25-18)16-23-10-7-14(24-16)12-2-4-13(5-3-12)19(20,21)22/h2-5,7,10H,6,8-9,11H2,1H3/t18-/m0/s1. The minimum atomic E-state index is -4.37. The largest absolute Gasteiger partial charge is 0.416 e. The Kier molecular flexibility index (Phi) is 4.01. The number of aromatic nitrogens is 2. The fraction of sp³-hybridized carbons (Fsp3) is 0.368. The number of aliphatic imine (C=N–C) groups is 1. The molecule has 27 heavy (non-hydrogen) atoms. The maximum atomic E-state index is 12.7. The second-order valence-corrected chi connectivity index (χ2v) is 6.91. The van der Waals surface area contributed by atoms with E-state index in [0.29, 0.717) is 48.6 Å². The third kappa shape index (κ3) is 3.09. The minimum absolute atomic E-state index is 0.0244. The molecule has 0 unspecified atom stereocenters. The van der Waals surface area contributed by atoms with Gasteiger partial charge in [-0.25, -0.2) is 9.97 Å². The van der Waals surface area contributed by atoms with E-state index in [1.807, 2.05) is 0 Å². The number of amides is 1. The van der Waals surface area contributed by atoms with E-state index in [2.05, 4.69) is 15.0 Å². The first kappa shape index (κ1) is 17.6. The van der Waals surface area contributed by atoms with E-state index in [0.717, 1.165) is 12.1 Å². The summed E-state index contributed by atoms with van der Waals surface area (Å²) in [5, 5.41) is 0. The smallest absolute Gasteiger partial charge is 0.344 e. The molecule has 1 aromatic carbocycles. The van der Waals surface area contributed by atoms with Gasteiger partial charge >= 0.3 is 6.18 Å². The molecule has 0 aliphatic carbocycles. The van der Waals surface area contributed by atoms with Crippen LogP contribution < -0.4 is 0 Å². The number of hydrogen-bond acceptors (Lipinski definition) is 4. The summed E-state index contributed by atoms with van der Waals surface area (Å²) < 4.78 is 38.2. The van der Waals surface area contributed by atoms with Crippen LogP contribution in [0.25, 0.3) is 11.3 Å². The molecule has 8 heteroatoms. The van der Waals surface area contributed by atoms with Crippen molar-refractivity contribution in [3.05, 3.63) is 47.9 Å². The van der Waals surface area contributed by atoms with E-state index in [9.17, 15) is 18.0 Å². The zero-order valence-corrected chi connectivity index (χ0v) is 14.6. The molecule has 1 atom stereocenters. The zero-order valence-electron chi connectivity index (χ0n) is 14.6. The molecular formula is C19H17F3N4O. The highest BCUT2D eigenvalue weighted by Gasteiger charge is 2.48. The van der Waals surface area contributed by atoms with E-state index < -0.39 is 17.3 Å². The normalized spacial score (nSPS) is 22.6. The number of rotatable bonds is 2. The summed E-state index contributed by atoms with van der Waals surface area (Å²) in [5.41, 5.74) is 0.362. The number of carbonyl (C=O) groups excluding carboxylic acids is 1. The fourth-order valence-corrected chi connectivity index (χ4v) is 3.60. The maximum absolute atomic E-state index is 12.7. The van der Waals surface area contributed by atoms with Crippen LogP contribution >= 0.6 is 0 Å². The van der Waals surface area contributed by atoms with E-state index in [1.54, 1.807) is 24.2 Å². The van der Waals surface area contributed by atoms with Crippen molar-refractivity contribution >= 4 is 11.6 Å². The average Bonchev–Trinajstić information content (AvgIpc) is 3.21. The van der Waals surface area contributed by atoms with Crippen LogP contribution in [-0.4, -0.2) is 45.6 Å². The Hall–Kier alpha value is -2.77. The highest BCUT2D eigenvalue weighted by atomic mass is 19.4. The van der Waals surface area contributed by atoms with Crippen LogP contribution in [0.1, 0.15) is 30.7 Å². The lowest BCUT2D eigenvalue weighted by Crippen LogP contribution is -2.35. The van der Waals surface area contributed by atoms with Gasteiger partial charge < -0.3 is 4.90 Å². The molecule has 2 aliphatic heterocycles. The summed E-state index contributed by atoms with van der Waals surface area (Å²) in [6.07, 6.45) is -0.880. The topological polar surface area (TPSA) is 58.5 Å². The van der Waals surface area contributed by atoms with Crippen LogP contribution in [-0.2, 0) is 11.0 Å². The second-order valence-electron chi connectivity index (χ2n) is 6.91. The Morgan fingerprint density at radius 1 is 1.11 bits per heavy atom. The molecule has 1 aromatic heterocycles. The van der Waals surface area contributed by atoms with Gasteiger partial charge in [0, 0.05) is 25.4 Å². The number of benzene rings is 1. The number of hydrogen-bond donors (Lipinski definition) is 0. The molecule has 1 spiro atoms. The fourth-order valence-electron chi connectivity index (χ4n) is 3.60. The summed E-state index contributed by atoms with van der Waals surface area (Å²) >= 11 is 0. The Morgan fingerprint density at radius 3 is 2.48 bits per heavy atom. The van der Waals surface area contributed by atoms with E-state index in [1.165, 1.54) is 12.1 Å². The molecule has 1 amide bonds. The Labute approximate surface area is 154 Å². The monoisotopic (exact) mass is 374 g/mol. The molecule has 2 aromatic rings. The second kappa shape index (κ2) is 6.14. The first-order chi connectivity index (χ1) is 12.8. The Morgan fingerprint density at radius 2 is 1.85 bits per heavy atom. The van der Waals surface area contributed by atoms with Crippen LogP contribution in [0.15, 0.2) is 41.5 Å². The molecule has 0 N–H and O–H groups in total. The van der Waals surface area contributed by atoms with Crippen molar-refractivity contribution in [3.8, 4) is 11.3 Å². The van der Waals surface area contributed by atoms with Crippen molar-refractivity contribution in [2.75, 3.05) is 13.6 Å². The lowest BCUT2D eigenvalue weighted by molar-refractivity contribution is -0.137. The van der Waals surface area contributed by atoms with Gasteiger partial charge in [0.25, 0.3) is 0 Å². The molecule has 2 aliphatic rings. The highest BCUT2D eigenvalue weighted by molar-refractivity contribution is 6.03. The van der Waals surface area contributed by atoms with Gasteiger partial charge in [-0.3, -0.25) is 9.79 Å². The van der Waals surface area contributed by atoms with Gasteiger partial charge in [0.05, 0.1) is 17.0 Å². The first-order valence-electron chi connectivity index (χ1n) is 8.64. The summed E-state index contributed by atoms with van der Waals surface area (Å²) in [6.45, 7) is 0.683. The number of halogens is 3. The predicted octanol–water partition coefficient (Wildman–Crippen LogP) is 3.35. The van der Waals surface area contributed by atoms with Crippen molar-refractivity contribution in [1.29, 1.82) is 0 Å². The number of likely N-dealkylation sites (N-methyl/N-ethyl adjacent to an activating group) is 1. The summed E-state index contributed by atoms with van der Waals surface area (Å²) in [4.78, 5) is 27.5. The van der Waals surface area contributed by atoms with Crippen molar-refractivity contribution in [2.45, 2.75) is 31.0 Å². The quantitative estimate of drug-likeness (QED) is 0.810. The van der Waals surface area contributed by atoms with E-state index in [4.69, 9.17) is 0 Å². The van der Waals surface area contributed by atoms with Gasteiger partial charge in [-0.15, -0.1) is 0 Å². The number of nitrogens with zero attached hydrogens (tertiary/aromatic N) is 4. The Bertz CT molecular complexity index is 923. The van der Waals surface area contributed by atoms with Gasteiger partial charge in [-0.1, -0.05) is 12.1 Å². The molecular weight excluding hydrogens is 357 g/mol. The van der Waals surface area contributed by atoms with Gasteiger partial charge in [-0.05, 0) is 37.5 Å². The molecule has 4 rings (SSSR count). The molecule has 1 fully saturated rings. The molecule has 1 saturated heterocycles. The van der Waals surface area contributed by atoms with Crippen LogP contribution in [0.3, 0.4) is 0 Å². The minimum Gasteiger partial charge on any atom is -0.344 e. The van der Waals surface area contributed by atoms with Gasteiger partial charge in [0.15, 0.2) is 5.82 Å². The van der Waals surface area contributed by atoms with Crippen molar-refractivity contribution in [2.24, 2.45) is 4.99 Å². The lowest BCUT2D eigenvalue weighted by Gasteiger charge is -2.16. The van der Waals surface area contributed by atoms with Crippen molar-refractivity contribution in [1.82, 2.24) is 14.9 Å². The average molecular weight is 374 g/mol. The van der Waals surface area contributed by atoms with E-state index >= 15 is 0 Å². The maximum Gasteiger partial charge on any atom is 0.416 e. The molecule has 0 radical (unpaired) electrons. The molecule has 0 saturated carbocycles. The zero-order chi connectivity index (χ0) is 19.2. The number of carbonyl (C=O) groups is 1. The molecule has 5 nitrogen and oxygen atoms in total.